The lowest BCUT2D eigenvalue weighted by Crippen LogP contribution is -2.38. The molecule has 0 unspecified atom stereocenters. The Morgan fingerprint density at radius 2 is 1.87 bits per heavy atom. The van der Waals surface area contributed by atoms with Crippen molar-refractivity contribution in [3.05, 3.63) is 59.3 Å². The maximum Gasteiger partial charge on any atom is 0.329 e. The quantitative estimate of drug-likeness (QED) is 0.526. The van der Waals surface area contributed by atoms with Crippen LogP contribution in [0.2, 0.25) is 0 Å². The summed E-state index contributed by atoms with van der Waals surface area (Å²) >= 11 is 0. The van der Waals surface area contributed by atoms with E-state index in [4.69, 9.17) is 9.47 Å². The zero-order chi connectivity index (χ0) is 22.5. The van der Waals surface area contributed by atoms with Crippen LogP contribution < -0.4 is 20.1 Å². The SMILES string of the molecule is COc1cccc(/C=C2\NC(=O)N(CC(=O)Nc3ccc(C)cc3)C2=O)c1OC(C)C. The first kappa shape index (κ1) is 21.9. The molecule has 0 radical (unpaired) electrons. The van der Waals surface area contributed by atoms with Crippen LogP contribution in [-0.2, 0) is 9.59 Å². The Morgan fingerprint density at radius 3 is 2.52 bits per heavy atom. The molecule has 2 aromatic rings. The smallest absolute Gasteiger partial charge is 0.329 e. The number of nitrogens with zero attached hydrogens (tertiary/aromatic N) is 1. The van der Waals surface area contributed by atoms with Crippen molar-refractivity contribution < 1.29 is 23.9 Å². The number of nitrogens with one attached hydrogen (secondary N) is 2. The number of methoxy groups -OCH3 is 1. The maximum absolute atomic E-state index is 12.8. The Kier molecular flexibility index (Phi) is 6.59. The summed E-state index contributed by atoms with van der Waals surface area (Å²) in [6, 6.07) is 11.8. The standard InChI is InChI=1S/C23H25N3O5/c1-14(2)31-21-16(6-5-7-19(21)30-4)12-18-22(28)26(23(29)25-18)13-20(27)24-17-10-8-15(3)9-11-17/h5-12,14H,13H2,1-4H3,(H,24,27)(H,25,29)/b18-12-. The molecule has 0 aliphatic carbocycles. The molecule has 3 rings (SSSR count). The second-order valence-corrected chi connectivity index (χ2v) is 7.34. The number of carbonyl (C=O) groups excluding carboxylic acids is 3. The average Bonchev–Trinajstić information content (AvgIpc) is 2.98. The monoisotopic (exact) mass is 423 g/mol. The van der Waals surface area contributed by atoms with E-state index < -0.39 is 24.4 Å². The van der Waals surface area contributed by atoms with Crippen LogP contribution in [-0.4, -0.2) is 42.5 Å². The molecule has 1 aliphatic heterocycles. The molecule has 8 nitrogen and oxygen atoms in total. The summed E-state index contributed by atoms with van der Waals surface area (Å²) < 4.78 is 11.2. The number of ether oxygens (including phenoxy) is 2. The summed E-state index contributed by atoms with van der Waals surface area (Å²) in [4.78, 5) is 38.3. The summed E-state index contributed by atoms with van der Waals surface area (Å²) in [7, 11) is 1.52. The van der Waals surface area contributed by atoms with Gasteiger partial charge in [0, 0.05) is 11.3 Å². The third kappa shape index (κ3) is 5.22. The van der Waals surface area contributed by atoms with Crippen LogP contribution in [0.4, 0.5) is 10.5 Å². The molecule has 0 bridgehead atoms. The van der Waals surface area contributed by atoms with E-state index in [1.165, 1.54) is 13.2 Å². The van der Waals surface area contributed by atoms with Gasteiger partial charge in [-0.3, -0.25) is 9.59 Å². The molecule has 1 fully saturated rings. The molecular weight excluding hydrogens is 398 g/mol. The fraction of sp³-hybridized carbons (Fsp3) is 0.261. The van der Waals surface area contributed by atoms with Gasteiger partial charge in [0.1, 0.15) is 12.2 Å². The van der Waals surface area contributed by atoms with Crippen molar-refractivity contribution in [3.63, 3.8) is 0 Å². The topological polar surface area (TPSA) is 97.0 Å². The van der Waals surface area contributed by atoms with Crippen molar-refractivity contribution >= 4 is 29.6 Å². The van der Waals surface area contributed by atoms with Crippen molar-refractivity contribution in [1.29, 1.82) is 0 Å². The van der Waals surface area contributed by atoms with Crippen molar-refractivity contribution in [2.45, 2.75) is 26.9 Å². The van der Waals surface area contributed by atoms with Crippen LogP contribution in [0.5, 0.6) is 11.5 Å². The van der Waals surface area contributed by atoms with Crippen molar-refractivity contribution in [2.75, 3.05) is 19.0 Å². The molecule has 0 atom stereocenters. The number of benzene rings is 2. The molecule has 0 aromatic heterocycles. The molecule has 31 heavy (non-hydrogen) atoms. The van der Waals surface area contributed by atoms with Crippen LogP contribution in [0.1, 0.15) is 25.0 Å². The lowest BCUT2D eigenvalue weighted by Gasteiger charge is -2.16. The van der Waals surface area contributed by atoms with Gasteiger partial charge in [-0.2, -0.15) is 0 Å². The first-order chi connectivity index (χ1) is 14.8. The van der Waals surface area contributed by atoms with Crippen LogP contribution in [0.15, 0.2) is 48.2 Å². The maximum atomic E-state index is 12.8. The predicted molar refractivity (Wildman–Crippen MR) is 117 cm³/mol. The van der Waals surface area contributed by atoms with Gasteiger partial charge in [-0.05, 0) is 45.0 Å². The van der Waals surface area contributed by atoms with Gasteiger partial charge in [0.25, 0.3) is 5.91 Å². The van der Waals surface area contributed by atoms with Crippen LogP contribution in [0, 0.1) is 6.92 Å². The van der Waals surface area contributed by atoms with Gasteiger partial charge in [-0.25, -0.2) is 9.69 Å². The number of hydrogen-bond donors (Lipinski definition) is 2. The van der Waals surface area contributed by atoms with E-state index in [9.17, 15) is 14.4 Å². The van der Waals surface area contributed by atoms with E-state index in [2.05, 4.69) is 10.6 Å². The van der Waals surface area contributed by atoms with E-state index in [0.717, 1.165) is 10.5 Å². The minimum absolute atomic E-state index is 0.0509. The Morgan fingerprint density at radius 1 is 1.16 bits per heavy atom. The van der Waals surface area contributed by atoms with Gasteiger partial charge >= 0.3 is 6.03 Å². The van der Waals surface area contributed by atoms with Gasteiger partial charge in [0.2, 0.25) is 5.91 Å². The Labute approximate surface area is 180 Å². The zero-order valence-electron chi connectivity index (χ0n) is 17.9. The second-order valence-electron chi connectivity index (χ2n) is 7.34. The molecule has 4 amide bonds. The number of para-hydroxylation sites is 1. The fourth-order valence-electron chi connectivity index (χ4n) is 3.02. The Bertz CT molecular complexity index is 1030. The molecule has 8 heteroatoms. The fourth-order valence-corrected chi connectivity index (χ4v) is 3.02. The normalized spacial score (nSPS) is 14.7. The summed E-state index contributed by atoms with van der Waals surface area (Å²) in [6.45, 7) is 5.29. The summed E-state index contributed by atoms with van der Waals surface area (Å²) in [5, 5.41) is 5.20. The van der Waals surface area contributed by atoms with Gasteiger partial charge in [-0.15, -0.1) is 0 Å². The van der Waals surface area contributed by atoms with E-state index in [1.54, 1.807) is 30.3 Å². The van der Waals surface area contributed by atoms with E-state index in [-0.39, 0.29) is 11.8 Å². The van der Waals surface area contributed by atoms with Crippen LogP contribution in [0.25, 0.3) is 6.08 Å². The Balaban J connectivity index is 1.77. The van der Waals surface area contributed by atoms with Crippen LogP contribution in [0.3, 0.4) is 0 Å². The molecule has 1 saturated heterocycles. The molecular formula is C23H25N3O5. The molecule has 0 spiro atoms. The van der Waals surface area contributed by atoms with Gasteiger partial charge in [0.05, 0.1) is 13.2 Å². The lowest BCUT2D eigenvalue weighted by atomic mass is 10.1. The Hall–Kier alpha value is -3.81. The highest BCUT2D eigenvalue weighted by Gasteiger charge is 2.35. The number of hydrogen-bond acceptors (Lipinski definition) is 5. The minimum Gasteiger partial charge on any atom is -0.493 e. The number of amides is 4. The van der Waals surface area contributed by atoms with E-state index in [1.807, 2.05) is 32.9 Å². The third-order valence-electron chi connectivity index (χ3n) is 4.48. The number of carbonyl (C=O) groups is 3. The second kappa shape index (κ2) is 9.34. The van der Waals surface area contributed by atoms with Gasteiger partial charge in [0.15, 0.2) is 11.5 Å². The van der Waals surface area contributed by atoms with Gasteiger partial charge < -0.3 is 20.1 Å². The highest BCUT2D eigenvalue weighted by atomic mass is 16.5. The van der Waals surface area contributed by atoms with Crippen molar-refractivity contribution in [2.24, 2.45) is 0 Å². The largest absolute Gasteiger partial charge is 0.493 e. The highest BCUT2D eigenvalue weighted by molar-refractivity contribution is 6.16. The molecule has 2 N–H and O–H groups in total. The molecule has 1 heterocycles. The summed E-state index contributed by atoms with van der Waals surface area (Å²) in [6.07, 6.45) is 1.39. The number of anilines is 1. The summed E-state index contributed by atoms with van der Waals surface area (Å²) in [5.41, 5.74) is 2.27. The van der Waals surface area contributed by atoms with Crippen LogP contribution >= 0.6 is 0 Å². The first-order valence-electron chi connectivity index (χ1n) is 9.83. The number of rotatable bonds is 7. The number of aryl methyl sites for hydroxylation is 1. The highest BCUT2D eigenvalue weighted by Crippen LogP contribution is 2.33. The summed E-state index contributed by atoms with van der Waals surface area (Å²) in [5.74, 6) is -0.0968. The van der Waals surface area contributed by atoms with Crippen molar-refractivity contribution in [3.8, 4) is 11.5 Å². The predicted octanol–water partition coefficient (Wildman–Crippen LogP) is 3.32. The number of imide groups is 1. The minimum atomic E-state index is -0.662. The molecule has 1 aliphatic rings. The first-order valence-corrected chi connectivity index (χ1v) is 9.83. The average molecular weight is 423 g/mol. The van der Waals surface area contributed by atoms with E-state index in [0.29, 0.717) is 22.7 Å². The zero-order valence-corrected chi connectivity index (χ0v) is 17.9. The molecule has 162 valence electrons. The number of urea groups is 1. The lowest BCUT2D eigenvalue weighted by molar-refractivity contribution is -0.127. The third-order valence-corrected chi connectivity index (χ3v) is 4.48. The van der Waals surface area contributed by atoms with Crippen molar-refractivity contribution in [1.82, 2.24) is 10.2 Å². The molecule has 0 saturated carbocycles. The van der Waals surface area contributed by atoms with Gasteiger partial charge in [-0.1, -0.05) is 29.8 Å². The van der Waals surface area contributed by atoms with E-state index >= 15 is 0 Å². The molecule has 2 aromatic carbocycles.